The van der Waals surface area contributed by atoms with Gasteiger partial charge in [-0.25, -0.2) is 0 Å². The molecule has 1 aliphatic rings. The van der Waals surface area contributed by atoms with Crippen molar-refractivity contribution in [1.82, 2.24) is 5.32 Å². The lowest BCUT2D eigenvalue weighted by Crippen LogP contribution is -2.21. The summed E-state index contributed by atoms with van der Waals surface area (Å²) in [6.07, 6.45) is 3.85. The van der Waals surface area contributed by atoms with Crippen molar-refractivity contribution >= 4 is 0 Å². The molecule has 0 aliphatic heterocycles. The molecule has 0 saturated heterocycles. The van der Waals surface area contributed by atoms with E-state index in [1.165, 1.54) is 29.5 Å². The summed E-state index contributed by atoms with van der Waals surface area (Å²) in [5.74, 6) is 0.877. The van der Waals surface area contributed by atoms with Gasteiger partial charge in [0.05, 0.1) is 0 Å². The topological polar surface area (TPSA) is 21.3 Å². The molecule has 0 bridgehead atoms. The molecule has 0 aromatic heterocycles. The van der Waals surface area contributed by atoms with Gasteiger partial charge in [0, 0.05) is 19.3 Å². The Hall–Kier alpha value is -0.860. The molecule has 1 aromatic rings. The molecule has 1 N–H and O–H groups in total. The molecule has 19 heavy (non-hydrogen) atoms. The minimum Gasteiger partial charge on any atom is -0.381 e. The van der Waals surface area contributed by atoms with Crippen molar-refractivity contribution in [2.24, 2.45) is 5.92 Å². The van der Waals surface area contributed by atoms with E-state index in [0.717, 1.165) is 32.1 Å². The van der Waals surface area contributed by atoms with E-state index in [2.05, 4.69) is 44.3 Å². The third kappa shape index (κ3) is 4.96. The summed E-state index contributed by atoms with van der Waals surface area (Å²) in [7, 11) is 0. The van der Waals surface area contributed by atoms with E-state index in [4.69, 9.17) is 4.74 Å². The van der Waals surface area contributed by atoms with Gasteiger partial charge in [0.2, 0.25) is 0 Å². The summed E-state index contributed by atoms with van der Waals surface area (Å²) in [5, 5.41) is 3.59. The van der Waals surface area contributed by atoms with E-state index in [-0.39, 0.29) is 0 Å². The highest BCUT2D eigenvalue weighted by molar-refractivity contribution is 5.32. The van der Waals surface area contributed by atoms with Crippen LogP contribution in [-0.2, 0) is 4.74 Å². The summed E-state index contributed by atoms with van der Waals surface area (Å²) in [4.78, 5) is 0. The fraction of sp³-hybridized carbons (Fsp3) is 0.647. The predicted octanol–water partition coefficient (Wildman–Crippen LogP) is 3.77. The highest BCUT2D eigenvalue weighted by atomic mass is 16.5. The summed E-state index contributed by atoms with van der Waals surface area (Å²) < 4.78 is 5.65. The maximum Gasteiger partial charge on any atom is 0.0494 e. The van der Waals surface area contributed by atoms with E-state index < -0.39 is 0 Å². The van der Waals surface area contributed by atoms with E-state index in [9.17, 15) is 0 Å². The largest absolute Gasteiger partial charge is 0.381 e. The van der Waals surface area contributed by atoms with Gasteiger partial charge in [-0.2, -0.15) is 0 Å². The SMILES string of the molecule is Cc1ccc(C)c(C(C)NCCCOCC2CC2)c1. The zero-order valence-corrected chi connectivity index (χ0v) is 12.5. The molecule has 1 fully saturated rings. The Labute approximate surface area is 117 Å². The van der Waals surface area contributed by atoms with Crippen molar-refractivity contribution in [2.45, 2.75) is 46.1 Å². The molecule has 2 nitrogen and oxygen atoms in total. The van der Waals surface area contributed by atoms with E-state index in [1.807, 2.05) is 0 Å². The first kappa shape index (κ1) is 14.5. The van der Waals surface area contributed by atoms with Crippen LogP contribution in [0.3, 0.4) is 0 Å². The van der Waals surface area contributed by atoms with Crippen LogP contribution in [0.1, 0.15) is 48.9 Å². The van der Waals surface area contributed by atoms with Crippen LogP contribution in [0.4, 0.5) is 0 Å². The molecule has 1 atom stereocenters. The molecule has 2 rings (SSSR count). The number of aryl methyl sites for hydroxylation is 2. The zero-order valence-electron chi connectivity index (χ0n) is 12.5. The number of ether oxygens (including phenoxy) is 1. The van der Waals surface area contributed by atoms with Crippen LogP contribution in [0.5, 0.6) is 0 Å². The van der Waals surface area contributed by atoms with Crippen molar-refractivity contribution in [1.29, 1.82) is 0 Å². The Morgan fingerprint density at radius 2 is 2.11 bits per heavy atom. The molecular formula is C17H27NO. The predicted molar refractivity (Wildman–Crippen MR) is 80.5 cm³/mol. The first-order chi connectivity index (χ1) is 9.16. The van der Waals surface area contributed by atoms with E-state index >= 15 is 0 Å². The number of benzene rings is 1. The quantitative estimate of drug-likeness (QED) is 0.719. The third-order valence-corrected chi connectivity index (χ3v) is 3.87. The maximum absolute atomic E-state index is 5.65. The van der Waals surface area contributed by atoms with Crippen molar-refractivity contribution in [3.05, 3.63) is 34.9 Å². The first-order valence-electron chi connectivity index (χ1n) is 7.55. The number of hydrogen-bond donors (Lipinski definition) is 1. The summed E-state index contributed by atoms with van der Waals surface area (Å²) in [6.45, 7) is 9.48. The summed E-state index contributed by atoms with van der Waals surface area (Å²) >= 11 is 0. The lowest BCUT2D eigenvalue weighted by atomic mass is 10.00. The van der Waals surface area contributed by atoms with E-state index in [0.29, 0.717) is 6.04 Å². The van der Waals surface area contributed by atoms with Crippen molar-refractivity contribution in [3.8, 4) is 0 Å². The maximum atomic E-state index is 5.65. The standard InChI is InChI=1S/C17H27NO/c1-13-5-6-14(2)17(11-13)15(3)18-9-4-10-19-12-16-7-8-16/h5-6,11,15-16,18H,4,7-10,12H2,1-3H3. The van der Waals surface area contributed by atoms with Crippen LogP contribution in [-0.4, -0.2) is 19.8 Å². The lowest BCUT2D eigenvalue weighted by molar-refractivity contribution is 0.121. The molecule has 0 amide bonds. The second-order valence-electron chi connectivity index (χ2n) is 5.91. The van der Waals surface area contributed by atoms with Crippen molar-refractivity contribution < 1.29 is 4.74 Å². The molecule has 1 unspecified atom stereocenters. The molecule has 0 spiro atoms. The van der Waals surface area contributed by atoms with Gasteiger partial charge >= 0.3 is 0 Å². The molecule has 2 heteroatoms. The van der Waals surface area contributed by atoms with Gasteiger partial charge in [-0.05, 0) is 63.6 Å². The molecule has 1 saturated carbocycles. The van der Waals surface area contributed by atoms with Crippen LogP contribution in [0.2, 0.25) is 0 Å². The number of rotatable bonds is 8. The Morgan fingerprint density at radius 1 is 1.32 bits per heavy atom. The molecule has 0 heterocycles. The average molecular weight is 261 g/mol. The van der Waals surface area contributed by atoms with Gasteiger partial charge in [0.1, 0.15) is 0 Å². The Bertz CT molecular complexity index is 398. The van der Waals surface area contributed by atoms with Gasteiger partial charge in [0.25, 0.3) is 0 Å². The van der Waals surface area contributed by atoms with Crippen LogP contribution < -0.4 is 5.32 Å². The van der Waals surface area contributed by atoms with Crippen LogP contribution >= 0.6 is 0 Å². The smallest absolute Gasteiger partial charge is 0.0494 e. The molecule has 1 aromatic carbocycles. The molecule has 1 aliphatic carbocycles. The van der Waals surface area contributed by atoms with Crippen LogP contribution in [0.25, 0.3) is 0 Å². The Morgan fingerprint density at radius 3 is 2.84 bits per heavy atom. The van der Waals surface area contributed by atoms with Gasteiger partial charge in [-0.1, -0.05) is 23.8 Å². The van der Waals surface area contributed by atoms with Gasteiger partial charge in [-0.3, -0.25) is 0 Å². The zero-order chi connectivity index (χ0) is 13.7. The summed E-state index contributed by atoms with van der Waals surface area (Å²) in [5.41, 5.74) is 4.12. The highest BCUT2D eigenvalue weighted by Crippen LogP contribution is 2.28. The van der Waals surface area contributed by atoms with Crippen molar-refractivity contribution in [3.63, 3.8) is 0 Å². The third-order valence-electron chi connectivity index (χ3n) is 3.87. The second kappa shape index (κ2) is 7.06. The molecular weight excluding hydrogens is 234 g/mol. The van der Waals surface area contributed by atoms with Crippen LogP contribution in [0, 0.1) is 19.8 Å². The van der Waals surface area contributed by atoms with Crippen LogP contribution in [0.15, 0.2) is 18.2 Å². The minimum absolute atomic E-state index is 0.420. The number of nitrogens with one attached hydrogen (secondary N) is 1. The van der Waals surface area contributed by atoms with Gasteiger partial charge in [0.15, 0.2) is 0 Å². The lowest BCUT2D eigenvalue weighted by Gasteiger charge is -2.17. The highest BCUT2D eigenvalue weighted by Gasteiger charge is 2.20. The number of hydrogen-bond acceptors (Lipinski definition) is 2. The molecule has 106 valence electrons. The Balaban J connectivity index is 1.65. The van der Waals surface area contributed by atoms with Gasteiger partial charge in [-0.15, -0.1) is 0 Å². The normalized spacial score (nSPS) is 16.6. The summed E-state index contributed by atoms with van der Waals surface area (Å²) in [6, 6.07) is 7.10. The first-order valence-corrected chi connectivity index (χ1v) is 7.55. The van der Waals surface area contributed by atoms with Crippen molar-refractivity contribution in [2.75, 3.05) is 19.8 Å². The minimum atomic E-state index is 0.420. The van der Waals surface area contributed by atoms with Gasteiger partial charge < -0.3 is 10.1 Å². The fourth-order valence-electron chi connectivity index (χ4n) is 2.36. The monoisotopic (exact) mass is 261 g/mol. The second-order valence-corrected chi connectivity index (χ2v) is 5.91. The van der Waals surface area contributed by atoms with E-state index in [1.54, 1.807) is 0 Å². The molecule has 0 radical (unpaired) electrons. The Kier molecular flexibility index (Phi) is 5.41. The fourth-order valence-corrected chi connectivity index (χ4v) is 2.36. The average Bonchev–Trinajstić information content (AvgIpc) is 3.20.